The normalized spacial score (nSPS) is 39.4. The minimum atomic E-state index is 0.872. The molecule has 2 unspecified atom stereocenters. The van der Waals surface area contributed by atoms with Crippen LogP contribution in [0.15, 0.2) is 0 Å². The van der Waals surface area contributed by atoms with Gasteiger partial charge in [0.2, 0.25) is 0 Å². The maximum atomic E-state index is 2.90. The zero-order valence-electron chi connectivity index (χ0n) is 10.7. The van der Waals surface area contributed by atoms with E-state index >= 15 is 0 Å². The zero-order valence-corrected chi connectivity index (χ0v) is 10.7. The average Bonchev–Trinajstić information content (AvgIpc) is 2.54. The first-order chi connectivity index (χ1) is 7.74. The Labute approximate surface area is 99.4 Å². The first-order valence-electron chi connectivity index (χ1n) is 6.88. The lowest BCUT2D eigenvalue weighted by Gasteiger charge is -2.46. The van der Waals surface area contributed by atoms with E-state index < -0.39 is 0 Å². The fourth-order valence-corrected chi connectivity index (χ4v) is 4.04. The Morgan fingerprint density at radius 2 is 1.25 bits per heavy atom. The van der Waals surface area contributed by atoms with Crippen molar-refractivity contribution in [1.82, 2.24) is 14.7 Å². The van der Waals surface area contributed by atoms with Gasteiger partial charge in [-0.25, -0.2) is 0 Å². The lowest BCUT2D eigenvalue weighted by atomic mass is 10.00. The van der Waals surface area contributed by atoms with E-state index in [1.807, 2.05) is 0 Å². The number of rotatable bonds is 1. The van der Waals surface area contributed by atoms with Crippen LogP contribution in [0.4, 0.5) is 0 Å². The highest BCUT2D eigenvalue weighted by atomic mass is 15.3. The van der Waals surface area contributed by atoms with E-state index in [0.29, 0.717) is 0 Å². The van der Waals surface area contributed by atoms with Crippen molar-refractivity contribution in [2.24, 2.45) is 0 Å². The Morgan fingerprint density at radius 3 is 1.81 bits per heavy atom. The van der Waals surface area contributed by atoms with Crippen molar-refractivity contribution in [3.8, 4) is 0 Å². The van der Waals surface area contributed by atoms with Gasteiger partial charge in [-0.05, 0) is 52.9 Å². The molecule has 0 saturated carbocycles. The van der Waals surface area contributed by atoms with E-state index in [0.717, 1.165) is 18.1 Å². The van der Waals surface area contributed by atoms with Gasteiger partial charge in [0.25, 0.3) is 0 Å². The zero-order chi connectivity index (χ0) is 11.1. The molecule has 3 heterocycles. The van der Waals surface area contributed by atoms with Gasteiger partial charge in [0.05, 0.1) is 0 Å². The van der Waals surface area contributed by atoms with Gasteiger partial charge in [0.15, 0.2) is 0 Å². The third-order valence-corrected chi connectivity index (χ3v) is 4.83. The average molecular weight is 223 g/mol. The monoisotopic (exact) mass is 223 g/mol. The maximum Gasteiger partial charge on any atom is 0.0230 e. The van der Waals surface area contributed by atoms with Gasteiger partial charge in [-0.1, -0.05) is 0 Å². The fraction of sp³-hybridized carbons (Fsp3) is 1.00. The summed E-state index contributed by atoms with van der Waals surface area (Å²) in [6.45, 7) is 5.22. The van der Waals surface area contributed by atoms with Crippen LogP contribution in [0.5, 0.6) is 0 Å². The number of fused-ring (bicyclic) bond motifs is 2. The summed E-state index contributed by atoms with van der Waals surface area (Å²) >= 11 is 0. The molecule has 3 rings (SSSR count). The Bertz CT molecular complexity index is 234. The molecule has 3 aliphatic heterocycles. The third-order valence-electron chi connectivity index (χ3n) is 4.83. The van der Waals surface area contributed by atoms with Gasteiger partial charge in [-0.3, -0.25) is 4.90 Å². The molecule has 0 aromatic heterocycles. The number of piperidine rings is 1. The molecule has 2 bridgehead atoms. The SMILES string of the molecule is CN1CCC(N2C3CCC2CN(C)C3)CC1. The molecule has 3 saturated heterocycles. The predicted octanol–water partition coefficient (Wildman–Crippen LogP) is 0.859. The quantitative estimate of drug-likeness (QED) is 0.653. The smallest absolute Gasteiger partial charge is 0.0230 e. The molecule has 0 radical (unpaired) electrons. The van der Waals surface area contributed by atoms with E-state index in [2.05, 4.69) is 28.8 Å². The van der Waals surface area contributed by atoms with Gasteiger partial charge >= 0.3 is 0 Å². The van der Waals surface area contributed by atoms with E-state index in [9.17, 15) is 0 Å². The van der Waals surface area contributed by atoms with E-state index in [-0.39, 0.29) is 0 Å². The number of likely N-dealkylation sites (tertiary alicyclic amines) is 2. The standard InChI is InChI=1S/C13H25N3/c1-14-7-5-11(6-8-14)16-12-3-4-13(16)10-15(2)9-12/h11-13H,3-10H2,1-2H3. The van der Waals surface area contributed by atoms with Crippen LogP contribution in [0.1, 0.15) is 25.7 Å². The van der Waals surface area contributed by atoms with Crippen LogP contribution >= 0.6 is 0 Å². The predicted molar refractivity (Wildman–Crippen MR) is 66.7 cm³/mol. The van der Waals surface area contributed by atoms with E-state index in [1.165, 1.54) is 51.9 Å². The lowest BCUT2D eigenvalue weighted by molar-refractivity contribution is 0.0198. The molecule has 0 aliphatic carbocycles. The molecule has 16 heavy (non-hydrogen) atoms. The molecular weight excluding hydrogens is 198 g/mol. The highest BCUT2D eigenvalue weighted by Crippen LogP contribution is 2.34. The summed E-state index contributed by atoms with van der Waals surface area (Å²) in [4.78, 5) is 7.91. The molecule has 0 spiro atoms. The summed E-state index contributed by atoms with van der Waals surface area (Å²) in [6, 6.07) is 2.64. The highest BCUT2D eigenvalue weighted by molar-refractivity contribution is 4.98. The summed E-state index contributed by atoms with van der Waals surface area (Å²) in [6.07, 6.45) is 5.68. The van der Waals surface area contributed by atoms with Crippen LogP contribution in [0.25, 0.3) is 0 Å². The molecule has 0 aromatic carbocycles. The van der Waals surface area contributed by atoms with Crippen LogP contribution in [0.3, 0.4) is 0 Å². The topological polar surface area (TPSA) is 9.72 Å². The number of nitrogens with zero attached hydrogens (tertiary/aromatic N) is 3. The summed E-state index contributed by atoms with van der Waals surface area (Å²) < 4.78 is 0. The largest absolute Gasteiger partial charge is 0.306 e. The summed E-state index contributed by atoms with van der Waals surface area (Å²) in [5.41, 5.74) is 0. The maximum absolute atomic E-state index is 2.90. The second-order valence-electron chi connectivity index (χ2n) is 6.09. The lowest BCUT2D eigenvalue weighted by Crippen LogP contribution is -2.57. The molecule has 0 aromatic rings. The van der Waals surface area contributed by atoms with E-state index in [4.69, 9.17) is 0 Å². The third kappa shape index (κ3) is 1.89. The minimum Gasteiger partial charge on any atom is -0.306 e. The number of hydrogen-bond acceptors (Lipinski definition) is 3. The summed E-state index contributed by atoms with van der Waals surface area (Å²) in [5, 5.41) is 0. The summed E-state index contributed by atoms with van der Waals surface area (Å²) in [7, 11) is 4.55. The van der Waals surface area contributed by atoms with Crippen LogP contribution in [-0.2, 0) is 0 Å². The van der Waals surface area contributed by atoms with Crippen LogP contribution < -0.4 is 0 Å². The van der Waals surface area contributed by atoms with Gasteiger partial charge in [-0.2, -0.15) is 0 Å². The van der Waals surface area contributed by atoms with Crippen molar-refractivity contribution < 1.29 is 0 Å². The first kappa shape index (κ1) is 11.0. The number of likely N-dealkylation sites (N-methyl/N-ethyl adjacent to an activating group) is 1. The van der Waals surface area contributed by atoms with Crippen molar-refractivity contribution in [1.29, 1.82) is 0 Å². The Balaban J connectivity index is 1.67. The van der Waals surface area contributed by atoms with Crippen molar-refractivity contribution in [3.63, 3.8) is 0 Å². The molecule has 0 N–H and O–H groups in total. The van der Waals surface area contributed by atoms with Crippen molar-refractivity contribution in [2.45, 2.75) is 43.8 Å². The number of hydrogen-bond donors (Lipinski definition) is 0. The Morgan fingerprint density at radius 1 is 0.688 bits per heavy atom. The highest BCUT2D eigenvalue weighted by Gasteiger charge is 2.42. The van der Waals surface area contributed by atoms with Gasteiger partial charge in [0.1, 0.15) is 0 Å². The first-order valence-corrected chi connectivity index (χ1v) is 6.88. The van der Waals surface area contributed by atoms with Crippen LogP contribution in [0.2, 0.25) is 0 Å². The molecule has 0 amide bonds. The van der Waals surface area contributed by atoms with E-state index in [1.54, 1.807) is 0 Å². The summed E-state index contributed by atoms with van der Waals surface area (Å²) in [5.74, 6) is 0. The van der Waals surface area contributed by atoms with Gasteiger partial charge < -0.3 is 9.80 Å². The Kier molecular flexibility index (Phi) is 2.94. The molecule has 92 valence electrons. The minimum absolute atomic E-state index is 0.872. The molecule has 2 atom stereocenters. The van der Waals surface area contributed by atoms with Crippen LogP contribution in [-0.4, -0.2) is 73.1 Å². The van der Waals surface area contributed by atoms with Crippen LogP contribution in [0, 0.1) is 0 Å². The molecule has 3 aliphatic rings. The van der Waals surface area contributed by atoms with Crippen molar-refractivity contribution >= 4 is 0 Å². The fourth-order valence-electron chi connectivity index (χ4n) is 4.04. The Hall–Kier alpha value is -0.120. The number of piperazine rings is 1. The molecule has 3 fully saturated rings. The second kappa shape index (κ2) is 4.28. The molecule has 3 heteroatoms. The van der Waals surface area contributed by atoms with Gasteiger partial charge in [0, 0.05) is 31.2 Å². The molecular formula is C13H25N3. The van der Waals surface area contributed by atoms with Crippen molar-refractivity contribution in [2.75, 3.05) is 40.3 Å². The second-order valence-corrected chi connectivity index (χ2v) is 6.09. The molecule has 3 nitrogen and oxygen atoms in total. The van der Waals surface area contributed by atoms with Gasteiger partial charge in [-0.15, -0.1) is 0 Å². The van der Waals surface area contributed by atoms with Crippen molar-refractivity contribution in [3.05, 3.63) is 0 Å².